The van der Waals surface area contributed by atoms with Gasteiger partial charge in [0.1, 0.15) is 10.7 Å². The summed E-state index contributed by atoms with van der Waals surface area (Å²) in [5.74, 6) is 1.08. The summed E-state index contributed by atoms with van der Waals surface area (Å²) in [6, 6.07) is 7.48. The van der Waals surface area contributed by atoms with Crippen molar-refractivity contribution in [3.8, 4) is 0 Å². The highest BCUT2D eigenvalue weighted by Gasteiger charge is 2.31. The quantitative estimate of drug-likeness (QED) is 0.413. The molecule has 0 aliphatic heterocycles. The number of nitrogens with one attached hydrogen (secondary N) is 1. The van der Waals surface area contributed by atoms with Crippen LogP contribution in [0.2, 0.25) is 5.02 Å². The second-order valence-corrected chi connectivity index (χ2v) is 11.2. The molecule has 4 rings (SSSR count). The van der Waals surface area contributed by atoms with Crippen molar-refractivity contribution in [2.45, 2.75) is 76.0 Å². The van der Waals surface area contributed by atoms with Gasteiger partial charge in [-0.05, 0) is 68.4 Å². The Kier molecular flexibility index (Phi) is 7.19. The van der Waals surface area contributed by atoms with E-state index >= 15 is 0 Å². The van der Waals surface area contributed by atoms with Gasteiger partial charge in [-0.25, -0.2) is 4.98 Å². The van der Waals surface area contributed by atoms with E-state index in [1.54, 1.807) is 16.8 Å². The predicted octanol–water partition coefficient (Wildman–Crippen LogP) is 6.15. The standard InChI is InChI=1S/C25H31ClN4O2S/c1-5-7-18(6-2)30-23-17(13-21(26)24(30)31)14-27-25(29-23)28-22-9-8-19(12-16(22)4)33(32)20-10-15(3)11-20/h8-9,12-15,18,20H,5-7,10-11H2,1-4H3,(H,27,28,29). The topological polar surface area (TPSA) is 76.9 Å². The maximum absolute atomic E-state index is 12.9. The predicted molar refractivity (Wildman–Crippen MR) is 136 cm³/mol. The summed E-state index contributed by atoms with van der Waals surface area (Å²) >= 11 is 6.24. The largest absolute Gasteiger partial charge is 0.324 e. The minimum absolute atomic E-state index is 0.0247. The summed E-state index contributed by atoms with van der Waals surface area (Å²) < 4.78 is 14.5. The molecule has 1 aromatic carbocycles. The molecule has 0 radical (unpaired) electrons. The van der Waals surface area contributed by atoms with Crippen LogP contribution in [-0.2, 0) is 10.8 Å². The number of nitrogens with zero attached hydrogens (tertiary/aromatic N) is 3. The molecule has 1 aliphatic rings. The van der Waals surface area contributed by atoms with Gasteiger partial charge in [0.15, 0.2) is 0 Å². The van der Waals surface area contributed by atoms with E-state index in [0.29, 0.717) is 17.5 Å². The number of rotatable bonds is 8. The lowest BCUT2D eigenvalue weighted by Crippen LogP contribution is -2.30. The zero-order valence-electron chi connectivity index (χ0n) is 19.6. The Morgan fingerprint density at radius 1 is 1.27 bits per heavy atom. The number of anilines is 2. The summed E-state index contributed by atoms with van der Waals surface area (Å²) in [5.41, 5.74) is 2.18. The number of pyridine rings is 1. The average molecular weight is 487 g/mol. The van der Waals surface area contributed by atoms with Crippen LogP contribution in [0.25, 0.3) is 11.0 Å². The van der Waals surface area contributed by atoms with Crippen LogP contribution < -0.4 is 10.9 Å². The molecule has 1 N–H and O–H groups in total. The summed E-state index contributed by atoms with van der Waals surface area (Å²) in [4.78, 5) is 22.9. The molecule has 33 heavy (non-hydrogen) atoms. The van der Waals surface area contributed by atoms with Gasteiger partial charge in [-0.15, -0.1) is 0 Å². The van der Waals surface area contributed by atoms with Crippen LogP contribution in [0.3, 0.4) is 0 Å². The van der Waals surface area contributed by atoms with E-state index < -0.39 is 10.8 Å². The zero-order chi connectivity index (χ0) is 23.7. The molecule has 1 saturated carbocycles. The van der Waals surface area contributed by atoms with Crippen molar-refractivity contribution in [2.75, 3.05) is 5.32 Å². The maximum atomic E-state index is 12.9. The van der Waals surface area contributed by atoms with Gasteiger partial charge < -0.3 is 5.32 Å². The molecule has 1 aliphatic carbocycles. The van der Waals surface area contributed by atoms with Gasteiger partial charge in [0.2, 0.25) is 5.95 Å². The van der Waals surface area contributed by atoms with Crippen LogP contribution in [0.5, 0.6) is 0 Å². The smallest absolute Gasteiger partial charge is 0.271 e. The monoisotopic (exact) mass is 486 g/mol. The summed E-state index contributed by atoms with van der Waals surface area (Å²) in [7, 11) is -0.972. The van der Waals surface area contributed by atoms with Crippen molar-refractivity contribution >= 4 is 45.1 Å². The van der Waals surface area contributed by atoms with E-state index in [9.17, 15) is 9.00 Å². The fourth-order valence-corrected chi connectivity index (χ4v) is 6.65. The van der Waals surface area contributed by atoms with Gasteiger partial charge in [-0.3, -0.25) is 13.6 Å². The van der Waals surface area contributed by atoms with Crippen LogP contribution in [-0.4, -0.2) is 24.0 Å². The van der Waals surface area contributed by atoms with Crippen molar-refractivity contribution in [3.63, 3.8) is 0 Å². The fraction of sp³-hybridized carbons (Fsp3) is 0.480. The Bertz CT molecular complexity index is 1250. The Morgan fingerprint density at radius 2 is 2.03 bits per heavy atom. The van der Waals surface area contributed by atoms with Crippen molar-refractivity contribution < 1.29 is 4.21 Å². The van der Waals surface area contributed by atoms with E-state index in [0.717, 1.165) is 53.6 Å². The maximum Gasteiger partial charge on any atom is 0.271 e. The van der Waals surface area contributed by atoms with E-state index in [-0.39, 0.29) is 21.9 Å². The molecule has 176 valence electrons. The molecule has 2 atom stereocenters. The van der Waals surface area contributed by atoms with Gasteiger partial charge in [0.25, 0.3) is 5.56 Å². The summed E-state index contributed by atoms with van der Waals surface area (Å²) in [5, 5.41) is 4.45. The molecule has 0 saturated heterocycles. The third kappa shape index (κ3) is 4.85. The number of hydrogen-bond acceptors (Lipinski definition) is 5. The van der Waals surface area contributed by atoms with Crippen molar-refractivity contribution in [3.05, 3.63) is 51.4 Å². The lowest BCUT2D eigenvalue weighted by Gasteiger charge is -2.31. The molecule has 8 heteroatoms. The molecule has 0 bridgehead atoms. The summed E-state index contributed by atoms with van der Waals surface area (Å²) in [6.07, 6.45) is 6.39. The fourth-order valence-electron chi connectivity index (χ4n) is 4.55. The molecule has 2 heterocycles. The number of halogens is 1. The molecule has 0 spiro atoms. The molecule has 2 aromatic heterocycles. The van der Waals surface area contributed by atoms with Crippen LogP contribution in [0.15, 0.2) is 40.2 Å². The normalized spacial score (nSPS) is 19.8. The Balaban J connectivity index is 1.66. The van der Waals surface area contributed by atoms with Crippen LogP contribution in [0.4, 0.5) is 11.6 Å². The lowest BCUT2D eigenvalue weighted by atomic mass is 9.87. The minimum Gasteiger partial charge on any atom is -0.324 e. The first-order valence-corrected chi connectivity index (χ1v) is 13.3. The van der Waals surface area contributed by atoms with Crippen molar-refractivity contribution in [1.82, 2.24) is 14.5 Å². The number of aromatic nitrogens is 3. The Morgan fingerprint density at radius 3 is 2.67 bits per heavy atom. The third-order valence-electron chi connectivity index (χ3n) is 6.50. The Hall–Kier alpha value is -2.25. The lowest BCUT2D eigenvalue weighted by molar-refractivity contribution is 0.353. The second kappa shape index (κ2) is 9.94. The highest BCUT2D eigenvalue weighted by atomic mass is 35.5. The van der Waals surface area contributed by atoms with E-state index in [1.165, 1.54) is 0 Å². The van der Waals surface area contributed by atoms with E-state index in [4.69, 9.17) is 16.6 Å². The zero-order valence-corrected chi connectivity index (χ0v) is 21.2. The number of benzene rings is 1. The number of aryl methyl sites for hydroxylation is 1. The first kappa shape index (κ1) is 23.9. The van der Waals surface area contributed by atoms with Gasteiger partial charge in [0.05, 0.1) is 10.8 Å². The van der Waals surface area contributed by atoms with Gasteiger partial charge >= 0.3 is 0 Å². The molecular formula is C25H31ClN4O2S. The Labute approximate surface area is 202 Å². The number of fused-ring (bicyclic) bond motifs is 1. The van der Waals surface area contributed by atoms with Crippen LogP contribution in [0.1, 0.15) is 64.5 Å². The third-order valence-corrected chi connectivity index (χ3v) is 8.48. The van der Waals surface area contributed by atoms with E-state index in [2.05, 4.69) is 31.1 Å². The molecule has 3 aromatic rings. The highest BCUT2D eigenvalue weighted by molar-refractivity contribution is 7.85. The second-order valence-electron chi connectivity index (χ2n) is 9.09. The van der Waals surface area contributed by atoms with Crippen molar-refractivity contribution in [1.29, 1.82) is 0 Å². The van der Waals surface area contributed by atoms with Crippen LogP contribution in [0, 0.1) is 12.8 Å². The van der Waals surface area contributed by atoms with Gasteiger partial charge in [-0.2, -0.15) is 4.98 Å². The molecule has 1 fully saturated rings. The first-order chi connectivity index (χ1) is 15.8. The van der Waals surface area contributed by atoms with Gasteiger partial charge in [-0.1, -0.05) is 38.8 Å². The first-order valence-electron chi connectivity index (χ1n) is 11.7. The van der Waals surface area contributed by atoms with E-state index in [1.807, 2.05) is 25.1 Å². The summed E-state index contributed by atoms with van der Waals surface area (Å²) in [6.45, 7) is 8.36. The van der Waals surface area contributed by atoms with Crippen LogP contribution >= 0.6 is 11.6 Å². The highest BCUT2D eigenvalue weighted by Crippen LogP contribution is 2.34. The molecule has 0 amide bonds. The molecule has 6 nitrogen and oxygen atoms in total. The van der Waals surface area contributed by atoms with Gasteiger partial charge in [0, 0.05) is 33.5 Å². The SMILES string of the molecule is CCCC(CC)n1c(=O)c(Cl)cc2cnc(Nc3ccc(S(=O)C4CC(C)C4)cc3C)nc21. The number of hydrogen-bond donors (Lipinski definition) is 1. The van der Waals surface area contributed by atoms with Crippen molar-refractivity contribution in [2.24, 2.45) is 5.92 Å². The minimum atomic E-state index is -0.972. The molecule has 2 unspecified atom stereocenters. The average Bonchev–Trinajstić information content (AvgIpc) is 2.78. The molecular weight excluding hydrogens is 456 g/mol.